The van der Waals surface area contributed by atoms with E-state index in [1.54, 1.807) is 0 Å². The smallest absolute Gasteiger partial charge is 0.196 e. The van der Waals surface area contributed by atoms with Crippen LogP contribution in [0.25, 0.3) is 17.1 Å². The minimum absolute atomic E-state index is 0.725. The Morgan fingerprint density at radius 1 is 0.931 bits per heavy atom. The van der Waals surface area contributed by atoms with Gasteiger partial charge in [-0.2, -0.15) is 0 Å². The summed E-state index contributed by atoms with van der Waals surface area (Å²) in [5.41, 5.74) is 2.96. The molecule has 0 atom stereocenters. The van der Waals surface area contributed by atoms with Gasteiger partial charge in [0.1, 0.15) is 17.2 Å². The molecule has 5 rings (SSSR count). The van der Waals surface area contributed by atoms with E-state index >= 15 is 0 Å². The van der Waals surface area contributed by atoms with E-state index in [9.17, 15) is 0 Å². The van der Waals surface area contributed by atoms with Crippen LogP contribution in [0.3, 0.4) is 0 Å². The van der Waals surface area contributed by atoms with E-state index in [2.05, 4.69) is 56.9 Å². The Morgan fingerprint density at radius 2 is 1.72 bits per heavy atom. The number of fused-ring (bicyclic) bond motifs is 1. The van der Waals surface area contributed by atoms with Gasteiger partial charge in [-0.15, -0.1) is 0 Å². The van der Waals surface area contributed by atoms with Crippen molar-refractivity contribution in [1.29, 1.82) is 0 Å². The number of aromatic nitrogens is 2. The second kappa shape index (κ2) is 7.64. The van der Waals surface area contributed by atoms with Gasteiger partial charge in [0.05, 0.1) is 0 Å². The Hall–Kier alpha value is -3.25. The van der Waals surface area contributed by atoms with Gasteiger partial charge < -0.3 is 19.5 Å². The number of nitrogens with one attached hydrogen (secondary N) is 1. The summed E-state index contributed by atoms with van der Waals surface area (Å²) >= 11 is 0. The molecule has 0 radical (unpaired) electrons. The first kappa shape index (κ1) is 17.8. The number of pyridine rings is 1. The molecular formula is C23H25N5O. The lowest BCUT2D eigenvalue weighted by atomic mass is 10.2. The lowest BCUT2D eigenvalue weighted by molar-refractivity contribution is 0.306. The fourth-order valence-electron chi connectivity index (χ4n) is 3.77. The Labute approximate surface area is 170 Å². The maximum absolute atomic E-state index is 6.26. The van der Waals surface area contributed by atoms with Gasteiger partial charge in [-0.3, -0.25) is 4.40 Å². The average Bonchev–Trinajstić information content (AvgIpc) is 3.38. The predicted molar refractivity (Wildman–Crippen MR) is 116 cm³/mol. The topological polar surface area (TPSA) is 49.0 Å². The van der Waals surface area contributed by atoms with E-state index < -0.39 is 0 Å². The van der Waals surface area contributed by atoms with E-state index in [4.69, 9.17) is 9.40 Å². The van der Waals surface area contributed by atoms with Gasteiger partial charge in [-0.1, -0.05) is 36.4 Å². The van der Waals surface area contributed by atoms with E-state index in [1.807, 2.05) is 36.5 Å². The lowest BCUT2D eigenvalue weighted by Gasteiger charge is -2.32. The molecule has 1 saturated heterocycles. The highest BCUT2D eigenvalue weighted by Crippen LogP contribution is 2.33. The molecule has 4 aromatic rings. The van der Waals surface area contributed by atoms with Gasteiger partial charge >= 0.3 is 0 Å². The highest BCUT2D eigenvalue weighted by Gasteiger charge is 2.21. The minimum atomic E-state index is 0.725. The molecule has 0 amide bonds. The number of likely N-dealkylation sites (N-methyl/N-ethyl adjacent to an activating group) is 1. The van der Waals surface area contributed by atoms with Crippen LogP contribution in [0.5, 0.6) is 0 Å². The number of hydrogen-bond donors (Lipinski definition) is 1. The summed E-state index contributed by atoms with van der Waals surface area (Å²) in [5.74, 6) is 2.65. The highest BCUT2D eigenvalue weighted by atomic mass is 16.4. The van der Waals surface area contributed by atoms with Crippen molar-refractivity contribution >= 4 is 17.3 Å². The molecule has 148 valence electrons. The highest BCUT2D eigenvalue weighted by molar-refractivity contribution is 5.74. The third kappa shape index (κ3) is 3.59. The molecule has 3 aromatic heterocycles. The number of imidazole rings is 1. The molecular weight excluding hydrogens is 362 g/mol. The average molecular weight is 387 g/mol. The normalized spacial score (nSPS) is 15.1. The van der Waals surface area contributed by atoms with Crippen molar-refractivity contribution in [1.82, 2.24) is 14.3 Å². The van der Waals surface area contributed by atoms with Crippen LogP contribution < -0.4 is 10.2 Å². The van der Waals surface area contributed by atoms with Gasteiger partial charge in [0.15, 0.2) is 11.6 Å². The fraction of sp³-hybridized carbons (Fsp3) is 0.261. The Bertz CT molecular complexity index is 1090. The summed E-state index contributed by atoms with van der Waals surface area (Å²) in [5, 5.41) is 3.57. The molecule has 29 heavy (non-hydrogen) atoms. The summed E-state index contributed by atoms with van der Waals surface area (Å²) < 4.78 is 8.34. The number of hydrogen-bond acceptors (Lipinski definition) is 5. The second-order valence-electron chi connectivity index (χ2n) is 7.51. The summed E-state index contributed by atoms with van der Waals surface area (Å²) in [6.45, 7) is 4.78. The number of furan rings is 1. The largest absolute Gasteiger partial charge is 0.439 e. The van der Waals surface area contributed by atoms with Crippen LogP contribution >= 0.6 is 0 Å². The zero-order valence-electron chi connectivity index (χ0n) is 16.6. The van der Waals surface area contributed by atoms with Crippen LogP contribution in [-0.2, 0) is 6.54 Å². The molecule has 1 aromatic carbocycles. The number of benzene rings is 1. The Kier molecular flexibility index (Phi) is 4.69. The molecule has 4 heterocycles. The van der Waals surface area contributed by atoms with E-state index in [0.29, 0.717) is 0 Å². The molecule has 0 unspecified atom stereocenters. The molecule has 1 aliphatic heterocycles. The Balaban J connectivity index is 1.46. The number of piperazine rings is 1. The third-order valence-corrected chi connectivity index (χ3v) is 5.47. The van der Waals surface area contributed by atoms with Gasteiger partial charge in [0, 0.05) is 45.0 Å². The van der Waals surface area contributed by atoms with Gasteiger partial charge in [-0.25, -0.2) is 4.98 Å². The Morgan fingerprint density at radius 3 is 2.55 bits per heavy atom. The van der Waals surface area contributed by atoms with Gasteiger partial charge in [0.2, 0.25) is 0 Å². The molecule has 1 fully saturated rings. The van der Waals surface area contributed by atoms with Crippen LogP contribution in [0.15, 0.2) is 71.3 Å². The molecule has 1 N–H and O–H groups in total. The first-order chi connectivity index (χ1) is 14.3. The minimum Gasteiger partial charge on any atom is -0.439 e. The SMILES string of the molecule is CN1CCN(c2ccc(-c3nc4ccccn4c3NCc3ccccc3)o2)CC1. The van der Waals surface area contributed by atoms with Crippen LogP contribution in [-0.4, -0.2) is 47.5 Å². The van der Waals surface area contributed by atoms with Crippen molar-refractivity contribution in [3.8, 4) is 11.5 Å². The fourth-order valence-corrected chi connectivity index (χ4v) is 3.77. The van der Waals surface area contributed by atoms with Crippen molar-refractivity contribution in [2.24, 2.45) is 0 Å². The van der Waals surface area contributed by atoms with Crippen molar-refractivity contribution in [3.63, 3.8) is 0 Å². The van der Waals surface area contributed by atoms with Gasteiger partial charge in [0.25, 0.3) is 0 Å². The summed E-state index contributed by atoms with van der Waals surface area (Å²) in [7, 11) is 2.16. The monoisotopic (exact) mass is 387 g/mol. The maximum atomic E-state index is 6.26. The van der Waals surface area contributed by atoms with Crippen LogP contribution in [0.4, 0.5) is 11.7 Å². The van der Waals surface area contributed by atoms with Crippen molar-refractivity contribution < 1.29 is 4.42 Å². The molecule has 0 bridgehead atoms. The molecule has 1 aliphatic rings. The number of anilines is 2. The van der Waals surface area contributed by atoms with Crippen LogP contribution in [0.2, 0.25) is 0 Å². The van der Waals surface area contributed by atoms with Crippen molar-refractivity contribution in [2.45, 2.75) is 6.54 Å². The standard InChI is InChI=1S/C23H25N5O/c1-26-13-15-27(16-14-26)21-11-10-19(29-21)22-23(24-17-18-7-3-2-4-8-18)28-12-6-5-9-20(28)25-22/h2-12,24H,13-17H2,1H3. The van der Waals surface area contributed by atoms with E-state index in [0.717, 1.165) is 61.5 Å². The lowest BCUT2D eigenvalue weighted by Crippen LogP contribution is -2.44. The first-order valence-electron chi connectivity index (χ1n) is 10.1. The van der Waals surface area contributed by atoms with Gasteiger partial charge in [-0.05, 0) is 30.8 Å². The predicted octanol–water partition coefficient (Wildman–Crippen LogP) is 3.96. The molecule has 0 spiro atoms. The van der Waals surface area contributed by atoms with Crippen molar-refractivity contribution in [3.05, 3.63) is 72.4 Å². The number of rotatable bonds is 5. The van der Waals surface area contributed by atoms with Crippen molar-refractivity contribution in [2.75, 3.05) is 43.4 Å². The zero-order chi connectivity index (χ0) is 19.6. The molecule has 6 heteroatoms. The summed E-state index contributed by atoms with van der Waals surface area (Å²) in [6.07, 6.45) is 2.03. The maximum Gasteiger partial charge on any atom is 0.196 e. The van der Waals surface area contributed by atoms with E-state index in [1.165, 1.54) is 5.56 Å². The summed E-state index contributed by atoms with van der Waals surface area (Å²) in [6, 6.07) is 20.5. The quantitative estimate of drug-likeness (QED) is 0.562. The number of nitrogens with zero attached hydrogens (tertiary/aromatic N) is 4. The van der Waals surface area contributed by atoms with E-state index in [-0.39, 0.29) is 0 Å². The van der Waals surface area contributed by atoms with Crippen LogP contribution in [0, 0.1) is 0 Å². The van der Waals surface area contributed by atoms with Crippen LogP contribution in [0.1, 0.15) is 5.56 Å². The molecule has 0 saturated carbocycles. The molecule has 6 nitrogen and oxygen atoms in total. The molecule has 0 aliphatic carbocycles. The third-order valence-electron chi connectivity index (χ3n) is 5.47. The second-order valence-corrected chi connectivity index (χ2v) is 7.51. The summed E-state index contributed by atoms with van der Waals surface area (Å²) in [4.78, 5) is 9.49. The first-order valence-corrected chi connectivity index (χ1v) is 10.1. The zero-order valence-corrected chi connectivity index (χ0v) is 16.6.